The molecule has 0 spiro atoms. The van der Waals surface area contributed by atoms with Gasteiger partial charge < -0.3 is 14.8 Å². The molecule has 5 nitrogen and oxygen atoms in total. The van der Waals surface area contributed by atoms with Crippen molar-refractivity contribution in [3.8, 4) is 11.5 Å². The molecule has 1 aliphatic rings. The lowest BCUT2D eigenvalue weighted by molar-refractivity contribution is -0.115. The second-order valence-electron chi connectivity index (χ2n) is 5.43. The molecule has 0 radical (unpaired) electrons. The molecule has 0 aromatic heterocycles. The molecule has 1 amide bonds. The van der Waals surface area contributed by atoms with Crippen LogP contribution in [0.3, 0.4) is 0 Å². The minimum absolute atomic E-state index is 0.133. The molecule has 7 heteroatoms. The van der Waals surface area contributed by atoms with Crippen molar-refractivity contribution in [1.29, 1.82) is 5.41 Å². The van der Waals surface area contributed by atoms with Crippen LogP contribution in [0.4, 0.5) is 0 Å². The monoisotopic (exact) mass is 432 g/mol. The Balaban J connectivity index is 1.87. The van der Waals surface area contributed by atoms with Gasteiger partial charge in [0, 0.05) is 0 Å². The van der Waals surface area contributed by atoms with Crippen LogP contribution in [0.5, 0.6) is 11.5 Å². The summed E-state index contributed by atoms with van der Waals surface area (Å²) in [7, 11) is 0. The Morgan fingerprint density at radius 2 is 2.00 bits per heavy atom. The van der Waals surface area contributed by atoms with Crippen molar-refractivity contribution in [3.05, 3.63) is 63.0 Å². The van der Waals surface area contributed by atoms with Gasteiger partial charge in [0.1, 0.15) is 6.61 Å². The van der Waals surface area contributed by atoms with Crippen molar-refractivity contribution < 1.29 is 14.3 Å². The van der Waals surface area contributed by atoms with Crippen LogP contribution in [0, 0.1) is 5.41 Å². The van der Waals surface area contributed by atoms with Gasteiger partial charge >= 0.3 is 0 Å². The number of ether oxygens (including phenoxy) is 2. The average Bonchev–Trinajstić information content (AvgIpc) is 2.92. The van der Waals surface area contributed by atoms with Crippen LogP contribution in [-0.4, -0.2) is 17.7 Å². The Labute approximate surface area is 164 Å². The first kappa shape index (κ1) is 18.5. The van der Waals surface area contributed by atoms with Gasteiger partial charge in [0.25, 0.3) is 5.91 Å². The van der Waals surface area contributed by atoms with Crippen molar-refractivity contribution in [2.45, 2.75) is 13.5 Å². The molecule has 3 rings (SSSR count). The summed E-state index contributed by atoms with van der Waals surface area (Å²) in [5.41, 5.74) is 1.85. The second-order valence-corrected chi connectivity index (χ2v) is 7.34. The van der Waals surface area contributed by atoms with Crippen molar-refractivity contribution in [3.63, 3.8) is 0 Å². The van der Waals surface area contributed by atoms with E-state index in [9.17, 15) is 4.79 Å². The number of amides is 1. The third-order valence-corrected chi connectivity index (χ3v) is 4.94. The average molecular weight is 433 g/mol. The predicted octanol–water partition coefficient (Wildman–Crippen LogP) is 4.57. The zero-order valence-electron chi connectivity index (χ0n) is 14.0. The van der Waals surface area contributed by atoms with Gasteiger partial charge in [-0.3, -0.25) is 10.2 Å². The highest BCUT2D eigenvalue weighted by molar-refractivity contribution is 9.10. The van der Waals surface area contributed by atoms with Gasteiger partial charge in [-0.15, -0.1) is 0 Å². The van der Waals surface area contributed by atoms with Crippen molar-refractivity contribution in [2.24, 2.45) is 0 Å². The zero-order chi connectivity index (χ0) is 18.5. The molecular weight excluding hydrogens is 416 g/mol. The number of rotatable bonds is 6. The van der Waals surface area contributed by atoms with Gasteiger partial charge in [-0.25, -0.2) is 0 Å². The van der Waals surface area contributed by atoms with E-state index in [4.69, 9.17) is 14.9 Å². The van der Waals surface area contributed by atoms with E-state index in [0.717, 1.165) is 27.4 Å². The first-order valence-corrected chi connectivity index (χ1v) is 9.60. The fourth-order valence-corrected chi connectivity index (χ4v) is 3.67. The van der Waals surface area contributed by atoms with E-state index in [2.05, 4.69) is 21.2 Å². The Morgan fingerprint density at radius 1 is 1.23 bits per heavy atom. The van der Waals surface area contributed by atoms with E-state index < -0.39 is 0 Å². The summed E-state index contributed by atoms with van der Waals surface area (Å²) in [5.74, 6) is 0.954. The summed E-state index contributed by atoms with van der Waals surface area (Å²) in [6.45, 7) is 2.82. The number of hydrogen-bond acceptors (Lipinski definition) is 5. The third kappa shape index (κ3) is 4.47. The van der Waals surface area contributed by atoms with Crippen molar-refractivity contribution >= 4 is 44.8 Å². The van der Waals surface area contributed by atoms with Crippen LogP contribution in [0.15, 0.2) is 51.8 Å². The Bertz CT molecular complexity index is 869. The zero-order valence-corrected chi connectivity index (χ0v) is 16.4. The number of hydrogen-bond donors (Lipinski definition) is 2. The largest absolute Gasteiger partial charge is 0.490 e. The minimum atomic E-state index is -0.265. The minimum Gasteiger partial charge on any atom is -0.490 e. The van der Waals surface area contributed by atoms with E-state index in [-0.39, 0.29) is 11.1 Å². The smallest absolute Gasteiger partial charge is 0.264 e. The van der Waals surface area contributed by atoms with E-state index >= 15 is 0 Å². The van der Waals surface area contributed by atoms with Crippen molar-refractivity contribution in [1.82, 2.24) is 5.32 Å². The summed E-state index contributed by atoms with van der Waals surface area (Å²) in [6, 6.07) is 13.6. The maximum atomic E-state index is 11.8. The van der Waals surface area contributed by atoms with Gasteiger partial charge in [-0.2, -0.15) is 0 Å². The standard InChI is InChI=1S/C19H17BrN2O3S/c1-2-24-15-9-13(10-16-18(23)22-19(21)26-16)8-14(20)17(15)25-11-12-6-4-3-5-7-12/h3-10H,2,11H2,1H3,(H2,21,22,23)/b16-10-. The highest BCUT2D eigenvalue weighted by Gasteiger charge is 2.22. The highest BCUT2D eigenvalue weighted by atomic mass is 79.9. The van der Waals surface area contributed by atoms with Gasteiger partial charge in [0.05, 0.1) is 16.0 Å². The Kier molecular flexibility index (Phi) is 6.00. The Hall–Kier alpha value is -2.25. The number of thioether (sulfide) groups is 1. The molecule has 1 heterocycles. The van der Waals surface area contributed by atoms with Crippen molar-refractivity contribution in [2.75, 3.05) is 6.61 Å². The fraction of sp³-hybridized carbons (Fsp3) is 0.158. The molecule has 2 aromatic rings. The van der Waals surface area contributed by atoms with Gasteiger partial charge in [0.15, 0.2) is 16.7 Å². The summed E-state index contributed by atoms with van der Waals surface area (Å²) >= 11 is 4.64. The number of carbonyl (C=O) groups excluding carboxylic acids is 1. The van der Waals surface area contributed by atoms with Gasteiger partial charge in [-0.1, -0.05) is 30.3 Å². The van der Waals surface area contributed by atoms with Crippen LogP contribution in [0.25, 0.3) is 6.08 Å². The molecule has 134 valence electrons. The van der Waals surface area contributed by atoms with Crippen LogP contribution >= 0.6 is 27.7 Å². The molecule has 0 bridgehead atoms. The molecule has 1 aliphatic heterocycles. The van der Waals surface area contributed by atoms with E-state index in [1.54, 1.807) is 6.08 Å². The lowest BCUT2D eigenvalue weighted by Gasteiger charge is -2.15. The van der Waals surface area contributed by atoms with E-state index in [1.165, 1.54) is 0 Å². The fourth-order valence-electron chi connectivity index (χ4n) is 2.40. The normalized spacial score (nSPS) is 15.2. The lowest BCUT2D eigenvalue weighted by Crippen LogP contribution is -2.18. The molecule has 0 aliphatic carbocycles. The maximum Gasteiger partial charge on any atom is 0.264 e. The van der Waals surface area contributed by atoms with Crippen LogP contribution in [0.2, 0.25) is 0 Å². The molecule has 0 unspecified atom stereocenters. The third-order valence-electron chi connectivity index (χ3n) is 3.52. The molecular formula is C19H17BrN2O3S. The number of benzene rings is 2. The van der Waals surface area contributed by atoms with Crippen LogP contribution < -0.4 is 14.8 Å². The number of amidine groups is 1. The lowest BCUT2D eigenvalue weighted by atomic mass is 10.1. The first-order chi connectivity index (χ1) is 12.6. The van der Waals surface area contributed by atoms with E-state index in [1.807, 2.05) is 49.4 Å². The molecule has 0 saturated carbocycles. The number of nitrogens with one attached hydrogen (secondary N) is 2. The van der Waals surface area contributed by atoms with E-state index in [0.29, 0.717) is 29.6 Å². The molecule has 26 heavy (non-hydrogen) atoms. The van der Waals surface area contributed by atoms with Crippen LogP contribution in [-0.2, 0) is 11.4 Å². The Morgan fingerprint density at radius 3 is 2.65 bits per heavy atom. The summed E-state index contributed by atoms with van der Waals surface area (Å²) in [6.07, 6.45) is 1.73. The highest BCUT2D eigenvalue weighted by Crippen LogP contribution is 2.38. The topological polar surface area (TPSA) is 71.4 Å². The molecule has 1 saturated heterocycles. The number of halogens is 1. The maximum absolute atomic E-state index is 11.8. The summed E-state index contributed by atoms with van der Waals surface area (Å²) < 4.78 is 12.4. The molecule has 2 aromatic carbocycles. The number of carbonyl (C=O) groups is 1. The summed E-state index contributed by atoms with van der Waals surface area (Å²) in [4.78, 5) is 12.3. The quantitative estimate of drug-likeness (QED) is 0.655. The first-order valence-electron chi connectivity index (χ1n) is 7.99. The summed E-state index contributed by atoms with van der Waals surface area (Å²) in [5, 5.41) is 10.1. The predicted molar refractivity (Wildman–Crippen MR) is 108 cm³/mol. The second kappa shape index (κ2) is 8.42. The molecule has 0 atom stereocenters. The van der Waals surface area contributed by atoms with Gasteiger partial charge in [0.2, 0.25) is 0 Å². The molecule has 1 fully saturated rings. The van der Waals surface area contributed by atoms with Gasteiger partial charge in [-0.05, 0) is 64.0 Å². The van der Waals surface area contributed by atoms with Crippen LogP contribution in [0.1, 0.15) is 18.1 Å². The molecule has 2 N–H and O–H groups in total. The SMILES string of the molecule is CCOc1cc(/C=C2\SC(=N)NC2=O)cc(Br)c1OCc1ccccc1.